The average molecular weight is 368 g/mol. The smallest absolute Gasteiger partial charge is 0.200 e. The van der Waals surface area contributed by atoms with Gasteiger partial charge in [-0.2, -0.15) is 0 Å². The second-order valence-corrected chi connectivity index (χ2v) is 13.6. The lowest BCUT2D eigenvalue weighted by atomic mass is 9.82. The van der Waals surface area contributed by atoms with Crippen LogP contribution in [0.4, 0.5) is 4.79 Å². The molecule has 0 aromatic carbocycles. The molecular weight excluding hydrogens is 337 g/mol. The number of carbonyl (C=O) groups is 1. The normalized spacial score (nSPS) is 34.1. The number of nitrogens with zero attached hydrogens (tertiary/aromatic N) is 1. The highest BCUT2D eigenvalue weighted by molar-refractivity contribution is 6.74. The topological polar surface area (TPSA) is 29.5 Å². The Bertz CT molecular complexity index is 506. The van der Waals surface area contributed by atoms with Crippen molar-refractivity contribution in [2.75, 3.05) is 19.5 Å². The van der Waals surface area contributed by atoms with Crippen LogP contribution in [0.15, 0.2) is 12.2 Å². The van der Waals surface area contributed by atoms with E-state index in [0.29, 0.717) is 30.3 Å². The molecule has 134 valence electrons. The molecule has 1 amide bonds. The Morgan fingerprint density at radius 1 is 1.29 bits per heavy atom. The first kappa shape index (κ1) is 20.1. The molecular formula is C18H31BClNO2Si. The molecule has 2 fully saturated rings. The van der Waals surface area contributed by atoms with Gasteiger partial charge in [0.1, 0.15) is 0 Å². The number of carbonyl (C=O) groups excluding carboxylic acids is 1. The van der Waals surface area contributed by atoms with Gasteiger partial charge in [0.15, 0.2) is 14.1 Å². The van der Waals surface area contributed by atoms with Crippen LogP contribution in [0.2, 0.25) is 18.1 Å². The first-order chi connectivity index (χ1) is 11.1. The van der Waals surface area contributed by atoms with Gasteiger partial charge >= 0.3 is 0 Å². The Kier molecular flexibility index (Phi) is 5.99. The van der Waals surface area contributed by atoms with Crippen molar-refractivity contribution < 1.29 is 9.22 Å². The van der Waals surface area contributed by atoms with Crippen LogP contribution in [0.25, 0.3) is 0 Å². The Morgan fingerprint density at radius 3 is 2.42 bits per heavy atom. The molecule has 2 aliphatic carbocycles. The van der Waals surface area contributed by atoms with E-state index in [0.717, 1.165) is 6.54 Å². The second-order valence-electron chi connectivity index (χ2n) is 8.82. The van der Waals surface area contributed by atoms with Crippen LogP contribution in [0, 0.1) is 23.7 Å². The summed E-state index contributed by atoms with van der Waals surface area (Å²) in [4.78, 5) is 13.8. The standard InChI is InChI=1S/C17H28BNO2Si.CH3Cl/c1-17(2,3)22(4,5)21-10-14-15-12-7-6-11(8-12)13(15)9-19(14)16(18)20;1-2/h6-7,11-15H,8-10H2,1-5H3;1H3/t11?,12?,13?,14-,15?;/m1./s1. The second kappa shape index (κ2) is 7.16. The fraction of sp³-hybridized carbons (Fsp3) is 0.833. The molecule has 24 heavy (non-hydrogen) atoms. The zero-order chi connectivity index (χ0) is 18.3. The summed E-state index contributed by atoms with van der Waals surface area (Å²) in [7, 11) is 3.85. The van der Waals surface area contributed by atoms with Gasteiger partial charge in [0.25, 0.3) is 0 Å². The van der Waals surface area contributed by atoms with Crippen LogP contribution in [-0.4, -0.2) is 52.4 Å². The maximum atomic E-state index is 11.9. The molecule has 3 rings (SSSR count). The molecule has 0 aromatic heterocycles. The van der Waals surface area contributed by atoms with Crippen LogP contribution in [-0.2, 0) is 4.43 Å². The van der Waals surface area contributed by atoms with Gasteiger partial charge in [-0.25, -0.2) is 0 Å². The van der Waals surface area contributed by atoms with Crippen molar-refractivity contribution in [3.8, 4) is 0 Å². The number of allylic oxidation sites excluding steroid dienone is 2. The lowest BCUT2D eigenvalue weighted by Gasteiger charge is -2.39. The Morgan fingerprint density at radius 2 is 1.88 bits per heavy atom. The van der Waals surface area contributed by atoms with Crippen LogP contribution in [0.1, 0.15) is 27.2 Å². The molecule has 1 aliphatic heterocycles. The van der Waals surface area contributed by atoms with Crippen molar-refractivity contribution >= 4 is 33.6 Å². The summed E-state index contributed by atoms with van der Waals surface area (Å²) in [6.07, 6.45) is 7.44. The van der Waals surface area contributed by atoms with Gasteiger partial charge < -0.3 is 9.33 Å². The molecule has 6 heteroatoms. The van der Waals surface area contributed by atoms with Gasteiger partial charge in [-0.15, -0.1) is 11.6 Å². The van der Waals surface area contributed by atoms with Crippen molar-refractivity contribution in [2.24, 2.45) is 23.7 Å². The molecule has 3 nitrogen and oxygen atoms in total. The summed E-state index contributed by atoms with van der Waals surface area (Å²) in [5.41, 5.74) is 0. The van der Waals surface area contributed by atoms with E-state index in [2.05, 4.69) is 57.6 Å². The summed E-state index contributed by atoms with van der Waals surface area (Å²) >= 11 is 4.64. The Balaban J connectivity index is 0.00000100. The quantitative estimate of drug-likeness (QED) is 0.423. The maximum absolute atomic E-state index is 11.9. The van der Waals surface area contributed by atoms with Gasteiger partial charge in [0.2, 0.25) is 7.85 Å². The lowest BCUT2D eigenvalue weighted by Crippen LogP contribution is -2.47. The van der Waals surface area contributed by atoms with E-state index in [9.17, 15) is 4.79 Å². The highest BCUT2D eigenvalue weighted by Crippen LogP contribution is 2.54. The Hall–Kier alpha value is -0.258. The highest BCUT2D eigenvalue weighted by Gasteiger charge is 2.55. The van der Waals surface area contributed by atoms with E-state index < -0.39 is 8.32 Å². The van der Waals surface area contributed by atoms with Gasteiger partial charge in [0, 0.05) is 12.9 Å². The zero-order valence-electron chi connectivity index (χ0n) is 15.9. The highest BCUT2D eigenvalue weighted by atomic mass is 35.5. The summed E-state index contributed by atoms with van der Waals surface area (Å²) < 4.78 is 6.44. The van der Waals surface area contributed by atoms with Crippen molar-refractivity contribution in [3.63, 3.8) is 0 Å². The minimum absolute atomic E-state index is 0.163. The first-order valence-corrected chi connectivity index (χ1v) is 12.5. The lowest BCUT2D eigenvalue weighted by molar-refractivity contribution is 0.147. The predicted octanol–water partition coefficient (Wildman–Crippen LogP) is 4.27. The summed E-state index contributed by atoms with van der Waals surface area (Å²) in [5.74, 6) is 2.13. The molecule has 0 N–H and O–H groups in total. The number of fused-ring (bicyclic) bond motifs is 5. The molecule has 4 unspecified atom stereocenters. The summed E-state index contributed by atoms with van der Waals surface area (Å²) in [5, 5.41) is 0.192. The fourth-order valence-electron chi connectivity index (χ4n) is 4.33. The molecule has 1 saturated heterocycles. The monoisotopic (exact) mass is 367 g/mol. The molecule has 1 heterocycles. The van der Waals surface area contributed by atoms with Gasteiger partial charge in [-0.05, 0) is 48.2 Å². The predicted molar refractivity (Wildman–Crippen MR) is 104 cm³/mol. The zero-order valence-corrected chi connectivity index (χ0v) is 17.6. The van der Waals surface area contributed by atoms with Crippen LogP contribution >= 0.6 is 11.6 Å². The van der Waals surface area contributed by atoms with E-state index in [-0.39, 0.29) is 16.9 Å². The van der Waals surface area contributed by atoms with Crippen molar-refractivity contribution in [1.29, 1.82) is 0 Å². The molecule has 2 bridgehead atoms. The third kappa shape index (κ3) is 3.49. The van der Waals surface area contributed by atoms with E-state index >= 15 is 0 Å². The third-order valence-corrected chi connectivity index (χ3v) is 11.1. The number of rotatable bonds is 3. The van der Waals surface area contributed by atoms with Crippen molar-refractivity contribution in [2.45, 2.75) is 51.4 Å². The summed E-state index contributed by atoms with van der Waals surface area (Å²) in [6.45, 7) is 12.8. The number of halogens is 1. The van der Waals surface area contributed by atoms with E-state index in [1.54, 1.807) is 0 Å². The number of hydrogen-bond donors (Lipinski definition) is 0. The molecule has 0 aromatic rings. The number of amides is 1. The van der Waals surface area contributed by atoms with Gasteiger partial charge in [-0.1, -0.05) is 32.9 Å². The Labute approximate surface area is 154 Å². The van der Waals surface area contributed by atoms with E-state index in [1.807, 2.05) is 4.90 Å². The fourth-order valence-corrected chi connectivity index (χ4v) is 5.35. The number of alkyl halides is 1. The van der Waals surface area contributed by atoms with Gasteiger partial charge in [-0.3, -0.25) is 4.79 Å². The first-order valence-electron chi connectivity index (χ1n) is 8.88. The molecule has 0 spiro atoms. The van der Waals surface area contributed by atoms with Crippen LogP contribution in [0.3, 0.4) is 0 Å². The van der Waals surface area contributed by atoms with Gasteiger partial charge in [0.05, 0.1) is 12.6 Å². The largest absolute Gasteiger partial charge is 0.415 e. The van der Waals surface area contributed by atoms with E-state index in [1.165, 1.54) is 12.8 Å². The third-order valence-electron chi connectivity index (χ3n) is 6.64. The van der Waals surface area contributed by atoms with E-state index in [4.69, 9.17) is 12.3 Å². The molecule has 5 atom stereocenters. The number of hydrogen-bond acceptors (Lipinski definition) is 2. The van der Waals surface area contributed by atoms with Crippen LogP contribution in [0.5, 0.6) is 0 Å². The minimum Gasteiger partial charge on any atom is -0.415 e. The summed E-state index contributed by atoms with van der Waals surface area (Å²) in [6, 6.07) is 0.163. The minimum atomic E-state index is -1.80. The SMILES string of the molecule is CCl.[B]C(=O)N1CC2C3C=CC(C3)C2[C@H]1CO[Si](C)(C)C(C)(C)C. The average Bonchev–Trinajstić information content (AvgIpc) is 3.17. The molecule has 1 saturated carbocycles. The molecule has 2 radical (unpaired) electrons. The van der Waals surface area contributed by atoms with Crippen molar-refractivity contribution in [1.82, 2.24) is 4.90 Å². The maximum Gasteiger partial charge on any atom is 0.200 e. The van der Waals surface area contributed by atoms with Crippen LogP contribution < -0.4 is 0 Å². The number of likely N-dealkylation sites (tertiary alicyclic amines) is 1. The molecule has 3 aliphatic rings. The van der Waals surface area contributed by atoms with Crippen molar-refractivity contribution in [3.05, 3.63) is 12.2 Å².